The van der Waals surface area contributed by atoms with Crippen LogP contribution in [-0.4, -0.2) is 52.7 Å². The van der Waals surface area contributed by atoms with Crippen molar-refractivity contribution in [3.8, 4) is 0 Å². The van der Waals surface area contributed by atoms with Crippen molar-refractivity contribution in [2.24, 2.45) is 33.5 Å². The van der Waals surface area contributed by atoms with Gasteiger partial charge in [-0.05, 0) is 94.3 Å². The predicted molar refractivity (Wildman–Crippen MR) is 139 cm³/mol. The lowest BCUT2D eigenvalue weighted by molar-refractivity contribution is -0.175. The van der Waals surface area contributed by atoms with Crippen LogP contribution >= 0.6 is 0 Å². The summed E-state index contributed by atoms with van der Waals surface area (Å²) in [5.41, 5.74) is -0.917. The Hall–Kier alpha value is -1.69. The number of allylic oxidation sites excluding steroid dienone is 4. The molecular weight excluding hydrogens is 450 g/mol. The van der Waals surface area contributed by atoms with Gasteiger partial charge in [0.1, 0.15) is 0 Å². The monoisotopic (exact) mass is 493 g/mol. The summed E-state index contributed by atoms with van der Waals surface area (Å²) in [7, 11) is 2.12. The molecule has 36 heavy (non-hydrogen) atoms. The van der Waals surface area contributed by atoms with Crippen LogP contribution in [-0.2, 0) is 0 Å². The summed E-state index contributed by atoms with van der Waals surface area (Å²) in [5, 5.41) is 23.0. The molecule has 3 fully saturated rings. The number of fused-ring (bicyclic) bond motifs is 1. The van der Waals surface area contributed by atoms with E-state index in [2.05, 4.69) is 50.9 Å². The third-order valence-corrected chi connectivity index (χ3v) is 11.8. The lowest BCUT2D eigenvalue weighted by Crippen LogP contribution is -2.67. The van der Waals surface area contributed by atoms with E-state index < -0.39 is 11.0 Å². The fourth-order valence-electron chi connectivity index (χ4n) is 10.0. The van der Waals surface area contributed by atoms with Crippen molar-refractivity contribution in [2.45, 2.75) is 83.8 Å². The van der Waals surface area contributed by atoms with Crippen LogP contribution in [0.15, 0.2) is 46.6 Å². The number of Topliss-reactive ketones (excluding diaryl/α,β-unsaturated/α-hetero) is 1. The highest BCUT2D eigenvalue weighted by atomic mass is 16.3. The van der Waals surface area contributed by atoms with Crippen LogP contribution in [0, 0.1) is 33.5 Å². The molecule has 0 radical (unpaired) electrons. The summed E-state index contributed by atoms with van der Waals surface area (Å²) in [6.07, 6.45) is 15.4. The van der Waals surface area contributed by atoms with E-state index in [0.717, 1.165) is 57.1 Å². The number of nitrogens with zero attached hydrogens (tertiary/aromatic N) is 1. The summed E-state index contributed by atoms with van der Waals surface area (Å²) in [4.78, 5) is 16.4. The normalized spacial score (nSPS) is 46.9. The highest BCUT2D eigenvalue weighted by molar-refractivity contribution is 6.08. The van der Waals surface area contributed by atoms with Crippen molar-refractivity contribution in [3.05, 3.63) is 48.0 Å². The van der Waals surface area contributed by atoms with E-state index in [1.54, 1.807) is 18.4 Å². The molecule has 0 amide bonds. The Kier molecular flexibility index (Phi) is 5.41. The molecule has 1 aromatic rings. The molecule has 1 aromatic heterocycles. The molecule has 1 unspecified atom stereocenters. The Labute approximate surface area is 215 Å². The maximum Gasteiger partial charge on any atom is 0.224 e. The number of hydrogen-bond acceptors (Lipinski definition) is 5. The summed E-state index contributed by atoms with van der Waals surface area (Å²) in [6, 6.07) is 3.57. The highest BCUT2D eigenvalue weighted by Crippen LogP contribution is 2.78. The van der Waals surface area contributed by atoms with E-state index in [4.69, 9.17) is 4.42 Å². The molecular formula is C31H43NO4. The first-order valence-electron chi connectivity index (χ1n) is 14.2. The van der Waals surface area contributed by atoms with Gasteiger partial charge in [0.25, 0.3) is 0 Å². The van der Waals surface area contributed by atoms with Gasteiger partial charge in [-0.15, -0.1) is 0 Å². The van der Waals surface area contributed by atoms with Crippen LogP contribution in [0.5, 0.6) is 0 Å². The zero-order chi connectivity index (χ0) is 25.6. The van der Waals surface area contributed by atoms with Crippen LogP contribution < -0.4 is 0 Å². The van der Waals surface area contributed by atoms with Gasteiger partial charge in [0.15, 0.2) is 5.76 Å². The number of carbonyl (C=O) groups excluding carboxylic acids is 1. The second kappa shape index (κ2) is 7.91. The molecule has 196 valence electrons. The van der Waals surface area contributed by atoms with Crippen molar-refractivity contribution in [2.75, 3.05) is 20.1 Å². The molecule has 1 heterocycles. The van der Waals surface area contributed by atoms with Gasteiger partial charge >= 0.3 is 0 Å². The molecule has 6 aliphatic carbocycles. The number of aliphatic hydroxyl groups is 2. The van der Waals surface area contributed by atoms with E-state index in [1.807, 2.05) is 0 Å². The number of hydrogen-bond donors (Lipinski definition) is 2. The molecule has 5 nitrogen and oxygen atoms in total. The number of aliphatic hydroxyl groups excluding tert-OH is 1. The molecule has 8 atom stereocenters. The smallest absolute Gasteiger partial charge is 0.224 e. The number of furan rings is 1. The van der Waals surface area contributed by atoms with Gasteiger partial charge in [0.2, 0.25) is 5.78 Å². The molecule has 0 aliphatic heterocycles. The summed E-state index contributed by atoms with van der Waals surface area (Å²) in [5.74, 6) is 0.883. The molecule has 2 bridgehead atoms. The summed E-state index contributed by atoms with van der Waals surface area (Å²) in [6.45, 7) is 8.57. The first kappa shape index (κ1) is 24.6. The second-order valence-electron chi connectivity index (χ2n) is 13.4. The van der Waals surface area contributed by atoms with Gasteiger partial charge < -0.3 is 19.5 Å². The average Bonchev–Trinajstić information content (AvgIpc) is 3.45. The third-order valence-electron chi connectivity index (χ3n) is 11.8. The number of rotatable bonds is 6. The van der Waals surface area contributed by atoms with Gasteiger partial charge in [-0.2, -0.15) is 0 Å². The molecule has 3 saturated carbocycles. The van der Waals surface area contributed by atoms with Crippen LogP contribution in [0.25, 0.3) is 0 Å². The second-order valence-corrected chi connectivity index (χ2v) is 13.4. The Morgan fingerprint density at radius 3 is 2.56 bits per heavy atom. The van der Waals surface area contributed by atoms with Crippen LogP contribution in [0.1, 0.15) is 82.7 Å². The fraction of sp³-hybridized carbons (Fsp3) is 0.710. The molecule has 0 aromatic carbocycles. The molecule has 2 N–H and O–H groups in total. The quantitative estimate of drug-likeness (QED) is 0.410. The topological polar surface area (TPSA) is 73.9 Å². The van der Waals surface area contributed by atoms with E-state index >= 15 is 0 Å². The average molecular weight is 494 g/mol. The lowest BCUT2D eigenvalue weighted by atomic mass is 9.32. The number of likely N-dealkylation sites (N-methyl/N-ethyl adjacent to an activating group) is 1. The lowest BCUT2D eigenvalue weighted by Gasteiger charge is -2.71. The summed E-state index contributed by atoms with van der Waals surface area (Å²) < 4.78 is 5.65. The van der Waals surface area contributed by atoms with Crippen LogP contribution in [0.3, 0.4) is 0 Å². The Balaban J connectivity index is 1.51. The fourth-order valence-corrected chi connectivity index (χ4v) is 10.0. The van der Waals surface area contributed by atoms with Crippen LogP contribution in [0.2, 0.25) is 0 Å². The molecule has 7 rings (SSSR count). The van der Waals surface area contributed by atoms with Crippen molar-refractivity contribution in [1.29, 1.82) is 0 Å². The minimum atomic E-state index is -0.774. The maximum absolute atomic E-state index is 14.1. The van der Waals surface area contributed by atoms with E-state index in [-0.39, 0.29) is 34.1 Å². The predicted octanol–water partition coefficient (Wildman–Crippen LogP) is 5.40. The van der Waals surface area contributed by atoms with E-state index in [1.165, 1.54) is 0 Å². The Morgan fingerprint density at radius 2 is 1.83 bits per heavy atom. The first-order valence-corrected chi connectivity index (χ1v) is 14.2. The molecule has 5 heteroatoms. The van der Waals surface area contributed by atoms with Crippen molar-refractivity contribution in [1.82, 2.24) is 4.90 Å². The van der Waals surface area contributed by atoms with Gasteiger partial charge in [0, 0.05) is 28.4 Å². The Bertz CT molecular complexity index is 1110. The van der Waals surface area contributed by atoms with Gasteiger partial charge in [-0.25, -0.2) is 0 Å². The highest BCUT2D eigenvalue weighted by Gasteiger charge is 2.74. The van der Waals surface area contributed by atoms with Crippen molar-refractivity contribution >= 4 is 5.78 Å². The van der Waals surface area contributed by atoms with Gasteiger partial charge in [0.05, 0.1) is 18.0 Å². The largest absolute Gasteiger partial charge is 0.461 e. The summed E-state index contributed by atoms with van der Waals surface area (Å²) >= 11 is 0. The standard InChI is InChI=1S/C31H43NO4/c1-5-16-32(4)20-30(35)13-10-25-28(30,3)12-9-24-27(2)11-8-21(33)18-29(27)14-15-31(24,25)22(19-29)26(34)23-7-6-17-36-23/h6-7,14-15,17,19,21,24-25,33,35H,5,8-13,16,18,20H2,1-4H3/t21?,24-,25-,27-,28+,29+,30-,31-/m1/s1. The SMILES string of the molecule is CCCN(C)C[C@]1(O)CC[C@H]2[C@]34C=C[C@@]5(C=C3C(=O)c3ccco3)CC(O)CC[C@]5(C)[C@H]4CC[C@@]21C. The van der Waals surface area contributed by atoms with Gasteiger partial charge in [-0.1, -0.05) is 39.0 Å². The third kappa shape index (κ3) is 2.91. The van der Waals surface area contributed by atoms with E-state index in [9.17, 15) is 15.0 Å². The number of carbonyl (C=O) groups is 1. The van der Waals surface area contributed by atoms with Gasteiger partial charge in [-0.3, -0.25) is 4.79 Å². The number of ketones is 1. The minimum absolute atomic E-state index is 0.00500. The zero-order valence-corrected chi connectivity index (χ0v) is 22.4. The minimum Gasteiger partial charge on any atom is -0.461 e. The molecule has 0 saturated heterocycles. The Morgan fingerprint density at radius 1 is 1.11 bits per heavy atom. The van der Waals surface area contributed by atoms with E-state index in [0.29, 0.717) is 24.6 Å². The first-order chi connectivity index (χ1) is 17.1. The van der Waals surface area contributed by atoms with Crippen molar-refractivity contribution < 1.29 is 19.4 Å². The molecule has 2 spiro atoms. The zero-order valence-electron chi connectivity index (χ0n) is 22.4. The molecule has 6 aliphatic rings. The van der Waals surface area contributed by atoms with Crippen molar-refractivity contribution in [3.63, 3.8) is 0 Å². The maximum atomic E-state index is 14.1. The van der Waals surface area contributed by atoms with Crippen LogP contribution in [0.4, 0.5) is 0 Å².